The zero-order valence-electron chi connectivity index (χ0n) is 10.5. The van der Waals surface area contributed by atoms with E-state index < -0.39 is 11.9 Å². The van der Waals surface area contributed by atoms with Gasteiger partial charge in [0.05, 0.1) is 6.61 Å². The number of nitrogens with zero attached hydrogens (tertiary/aromatic N) is 4. The van der Waals surface area contributed by atoms with E-state index in [-0.39, 0.29) is 17.5 Å². The smallest absolute Gasteiger partial charge is 0.381 e. The Kier molecular flexibility index (Phi) is 3.00. The van der Waals surface area contributed by atoms with E-state index in [2.05, 4.69) is 15.2 Å². The molecule has 1 unspecified atom stereocenters. The average Bonchev–Trinajstić information content (AvgIpc) is 3.06. The molecule has 9 heteroatoms. The second-order valence-corrected chi connectivity index (χ2v) is 4.55. The van der Waals surface area contributed by atoms with Gasteiger partial charge in [-0.2, -0.15) is 23.3 Å². The standard InChI is InChI=1S/C11H11F3N4O2/c1-18-8(11(12,13)14)4-7(16-18)10-15-9(17-20-10)6-2-3-19-5-6/h4,6H,2-3,5H2,1H3. The molecule has 6 nitrogen and oxygen atoms in total. The molecule has 0 bridgehead atoms. The van der Waals surface area contributed by atoms with Crippen molar-refractivity contribution >= 4 is 0 Å². The van der Waals surface area contributed by atoms with E-state index in [0.29, 0.717) is 19.0 Å². The first-order valence-corrected chi connectivity index (χ1v) is 5.98. The van der Waals surface area contributed by atoms with Crippen molar-refractivity contribution in [3.05, 3.63) is 17.6 Å². The van der Waals surface area contributed by atoms with E-state index in [9.17, 15) is 13.2 Å². The maximum absolute atomic E-state index is 12.7. The van der Waals surface area contributed by atoms with Crippen molar-refractivity contribution in [2.75, 3.05) is 13.2 Å². The summed E-state index contributed by atoms with van der Waals surface area (Å²) < 4.78 is 49.0. The molecule has 1 aliphatic rings. The van der Waals surface area contributed by atoms with Crippen LogP contribution >= 0.6 is 0 Å². The molecule has 0 spiro atoms. The highest BCUT2D eigenvalue weighted by Gasteiger charge is 2.36. The summed E-state index contributed by atoms with van der Waals surface area (Å²) >= 11 is 0. The van der Waals surface area contributed by atoms with Crippen LogP contribution in [0.4, 0.5) is 13.2 Å². The Bertz CT molecular complexity index is 613. The van der Waals surface area contributed by atoms with Gasteiger partial charge in [0.15, 0.2) is 11.5 Å². The van der Waals surface area contributed by atoms with Crippen molar-refractivity contribution in [3.8, 4) is 11.6 Å². The summed E-state index contributed by atoms with van der Waals surface area (Å²) in [6, 6.07) is 0.891. The van der Waals surface area contributed by atoms with E-state index in [1.807, 2.05) is 0 Å². The lowest BCUT2D eigenvalue weighted by Crippen LogP contribution is -2.11. The van der Waals surface area contributed by atoms with Crippen LogP contribution in [0, 0.1) is 0 Å². The summed E-state index contributed by atoms with van der Waals surface area (Å²) in [5, 5.41) is 7.54. The second-order valence-electron chi connectivity index (χ2n) is 4.55. The minimum Gasteiger partial charge on any atom is -0.381 e. The molecule has 0 radical (unpaired) electrons. The van der Waals surface area contributed by atoms with Crippen molar-refractivity contribution in [2.24, 2.45) is 7.05 Å². The molecule has 1 saturated heterocycles. The summed E-state index contributed by atoms with van der Waals surface area (Å²) in [5.41, 5.74) is -0.853. The maximum Gasteiger partial charge on any atom is 0.433 e. The zero-order chi connectivity index (χ0) is 14.3. The van der Waals surface area contributed by atoms with Crippen LogP contribution < -0.4 is 0 Å². The number of hydrogen-bond donors (Lipinski definition) is 0. The summed E-state index contributed by atoms with van der Waals surface area (Å²) in [7, 11) is 1.22. The fraction of sp³-hybridized carbons (Fsp3) is 0.545. The first-order valence-electron chi connectivity index (χ1n) is 5.98. The van der Waals surface area contributed by atoms with Crippen LogP contribution in [-0.2, 0) is 18.0 Å². The highest BCUT2D eigenvalue weighted by Crippen LogP contribution is 2.32. The van der Waals surface area contributed by atoms with Gasteiger partial charge in [0.25, 0.3) is 5.89 Å². The highest BCUT2D eigenvalue weighted by atomic mass is 19.4. The van der Waals surface area contributed by atoms with Crippen LogP contribution in [0.15, 0.2) is 10.6 Å². The molecule has 0 aromatic carbocycles. The van der Waals surface area contributed by atoms with Crippen LogP contribution in [0.3, 0.4) is 0 Å². The van der Waals surface area contributed by atoms with Crippen molar-refractivity contribution < 1.29 is 22.4 Å². The van der Waals surface area contributed by atoms with Gasteiger partial charge in [-0.15, -0.1) is 0 Å². The number of aryl methyl sites for hydroxylation is 1. The van der Waals surface area contributed by atoms with Crippen molar-refractivity contribution in [1.29, 1.82) is 0 Å². The van der Waals surface area contributed by atoms with Crippen LogP contribution in [0.2, 0.25) is 0 Å². The van der Waals surface area contributed by atoms with Gasteiger partial charge in [0, 0.05) is 25.6 Å². The average molecular weight is 288 g/mol. The summed E-state index contributed by atoms with van der Waals surface area (Å²) in [6.07, 6.45) is -3.70. The topological polar surface area (TPSA) is 66.0 Å². The first-order chi connectivity index (χ1) is 9.45. The Morgan fingerprint density at radius 2 is 2.20 bits per heavy atom. The minimum atomic E-state index is -4.47. The van der Waals surface area contributed by atoms with Gasteiger partial charge in [-0.05, 0) is 6.42 Å². The fourth-order valence-electron chi connectivity index (χ4n) is 2.08. The molecule has 3 heterocycles. The molecule has 1 fully saturated rings. The van der Waals surface area contributed by atoms with E-state index in [4.69, 9.17) is 9.26 Å². The van der Waals surface area contributed by atoms with Gasteiger partial charge in [-0.25, -0.2) is 0 Å². The predicted octanol–water partition coefficient (Wildman–Crippen LogP) is 1.99. The Morgan fingerprint density at radius 3 is 2.80 bits per heavy atom. The van der Waals surface area contributed by atoms with Crippen LogP contribution in [-0.4, -0.2) is 33.1 Å². The number of halogens is 3. The second kappa shape index (κ2) is 4.58. The van der Waals surface area contributed by atoms with E-state index in [1.165, 1.54) is 7.05 Å². The number of alkyl halides is 3. The van der Waals surface area contributed by atoms with Gasteiger partial charge in [0.1, 0.15) is 5.69 Å². The van der Waals surface area contributed by atoms with E-state index in [1.54, 1.807) is 0 Å². The molecule has 0 aliphatic carbocycles. The van der Waals surface area contributed by atoms with E-state index >= 15 is 0 Å². The summed E-state index contributed by atoms with van der Waals surface area (Å²) in [5.74, 6) is 0.452. The van der Waals surface area contributed by atoms with Crippen LogP contribution in [0.25, 0.3) is 11.6 Å². The van der Waals surface area contributed by atoms with Crippen molar-refractivity contribution in [1.82, 2.24) is 19.9 Å². The molecule has 0 saturated carbocycles. The molecular formula is C11H11F3N4O2. The lowest BCUT2D eigenvalue weighted by Gasteiger charge is -2.04. The summed E-state index contributed by atoms with van der Waals surface area (Å²) in [4.78, 5) is 4.10. The number of hydrogen-bond acceptors (Lipinski definition) is 5. The molecule has 20 heavy (non-hydrogen) atoms. The highest BCUT2D eigenvalue weighted by molar-refractivity contribution is 5.47. The van der Waals surface area contributed by atoms with Crippen LogP contribution in [0.1, 0.15) is 23.9 Å². The predicted molar refractivity (Wildman–Crippen MR) is 59.7 cm³/mol. The molecule has 108 valence electrons. The third-order valence-corrected chi connectivity index (χ3v) is 3.13. The largest absolute Gasteiger partial charge is 0.433 e. The Balaban J connectivity index is 1.90. The van der Waals surface area contributed by atoms with E-state index in [0.717, 1.165) is 17.2 Å². The molecule has 2 aromatic heterocycles. The van der Waals surface area contributed by atoms with Gasteiger partial charge < -0.3 is 9.26 Å². The molecule has 0 N–H and O–H groups in total. The van der Waals surface area contributed by atoms with Gasteiger partial charge >= 0.3 is 6.18 Å². The fourth-order valence-corrected chi connectivity index (χ4v) is 2.08. The quantitative estimate of drug-likeness (QED) is 0.845. The Hall–Kier alpha value is -1.90. The van der Waals surface area contributed by atoms with Gasteiger partial charge in [-0.3, -0.25) is 4.68 Å². The molecule has 1 aliphatic heterocycles. The SMILES string of the molecule is Cn1nc(-c2nc(C3CCOC3)no2)cc1C(F)(F)F. The third kappa shape index (κ3) is 2.28. The normalized spacial score (nSPS) is 19.7. The zero-order valence-corrected chi connectivity index (χ0v) is 10.5. The molecule has 3 rings (SSSR count). The lowest BCUT2D eigenvalue weighted by molar-refractivity contribution is -0.143. The first kappa shape index (κ1) is 13.1. The number of rotatable bonds is 2. The molecular weight excluding hydrogens is 277 g/mol. The molecule has 1 atom stereocenters. The Morgan fingerprint density at radius 1 is 1.40 bits per heavy atom. The monoisotopic (exact) mass is 288 g/mol. The maximum atomic E-state index is 12.7. The Labute approximate surface area is 111 Å². The minimum absolute atomic E-state index is 0.0116. The number of aromatic nitrogens is 4. The third-order valence-electron chi connectivity index (χ3n) is 3.13. The van der Waals surface area contributed by atoms with Gasteiger partial charge in [-0.1, -0.05) is 5.16 Å². The number of ether oxygens (including phenoxy) is 1. The van der Waals surface area contributed by atoms with Gasteiger partial charge in [0.2, 0.25) is 0 Å². The molecule has 0 amide bonds. The van der Waals surface area contributed by atoms with Crippen LogP contribution in [0.5, 0.6) is 0 Å². The van der Waals surface area contributed by atoms with Crippen molar-refractivity contribution in [3.63, 3.8) is 0 Å². The molecule has 2 aromatic rings. The lowest BCUT2D eigenvalue weighted by atomic mass is 10.1. The summed E-state index contributed by atoms with van der Waals surface area (Å²) in [6.45, 7) is 1.12. The van der Waals surface area contributed by atoms with Crippen molar-refractivity contribution in [2.45, 2.75) is 18.5 Å².